The van der Waals surface area contributed by atoms with E-state index >= 15 is 0 Å². The highest BCUT2D eigenvalue weighted by atomic mass is 35.5. The third-order valence-corrected chi connectivity index (χ3v) is 1.67. The maximum atomic E-state index is 13.0. The van der Waals surface area contributed by atoms with Crippen LogP contribution in [0.25, 0.3) is 0 Å². The van der Waals surface area contributed by atoms with Crippen molar-refractivity contribution in [2.45, 2.75) is 0 Å². The zero-order valence-electron chi connectivity index (χ0n) is 6.69. The lowest BCUT2D eigenvalue weighted by molar-refractivity contribution is 0.304. The van der Waals surface area contributed by atoms with Crippen LogP contribution in [-0.2, 0) is 0 Å². The van der Waals surface area contributed by atoms with Gasteiger partial charge in [0.2, 0.25) is 5.82 Å². The van der Waals surface area contributed by atoms with Crippen molar-refractivity contribution in [2.75, 3.05) is 13.2 Å². The fourth-order valence-electron chi connectivity index (χ4n) is 0.789. The highest BCUT2D eigenvalue weighted by Gasteiger charge is 2.12. The van der Waals surface area contributed by atoms with E-state index in [4.69, 9.17) is 22.1 Å². The van der Waals surface area contributed by atoms with Crippen LogP contribution in [0.5, 0.6) is 5.75 Å². The van der Waals surface area contributed by atoms with Crippen molar-refractivity contribution >= 4 is 11.6 Å². The molecule has 2 nitrogen and oxygen atoms in total. The predicted molar refractivity (Wildman–Crippen MR) is 45.9 cm³/mol. The highest BCUT2D eigenvalue weighted by molar-refractivity contribution is 6.30. The van der Waals surface area contributed by atoms with Gasteiger partial charge in [0.15, 0.2) is 11.6 Å². The van der Waals surface area contributed by atoms with Crippen molar-refractivity contribution in [1.82, 2.24) is 0 Å². The summed E-state index contributed by atoms with van der Waals surface area (Å²) in [6.45, 7) is 0.377. The molecule has 0 saturated heterocycles. The molecule has 0 aliphatic carbocycles. The van der Waals surface area contributed by atoms with Gasteiger partial charge in [0.05, 0.1) is 5.02 Å². The van der Waals surface area contributed by atoms with Crippen LogP contribution in [0.4, 0.5) is 8.78 Å². The Morgan fingerprint density at radius 1 is 1.31 bits per heavy atom. The maximum absolute atomic E-state index is 13.0. The molecular formula is C8H8ClF2NO. The molecule has 0 unspecified atom stereocenters. The Hall–Kier alpha value is -0.870. The van der Waals surface area contributed by atoms with Crippen LogP contribution in [0.1, 0.15) is 0 Å². The third kappa shape index (κ3) is 2.29. The number of ether oxygens (including phenoxy) is 1. The van der Waals surface area contributed by atoms with Gasteiger partial charge in [-0.1, -0.05) is 11.6 Å². The lowest BCUT2D eigenvalue weighted by Gasteiger charge is -2.06. The Bertz CT molecular complexity index is 306. The maximum Gasteiger partial charge on any atom is 0.202 e. The van der Waals surface area contributed by atoms with E-state index < -0.39 is 11.6 Å². The van der Waals surface area contributed by atoms with Gasteiger partial charge in [-0.2, -0.15) is 4.39 Å². The van der Waals surface area contributed by atoms with Crippen LogP contribution < -0.4 is 10.5 Å². The van der Waals surface area contributed by atoms with E-state index in [0.29, 0.717) is 0 Å². The fraction of sp³-hybridized carbons (Fsp3) is 0.250. The standard InChI is InChI=1S/C8H8ClF2NO/c9-5-1-2-6(13-4-3-12)8(11)7(5)10/h1-2H,3-4,12H2. The second-order valence-corrected chi connectivity index (χ2v) is 2.72. The molecule has 0 spiro atoms. The molecule has 0 atom stereocenters. The van der Waals surface area contributed by atoms with Crippen molar-refractivity contribution in [2.24, 2.45) is 5.73 Å². The number of nitrogens with two attached hydrogens (primary N) is 1. The number of benzene rings is 1. The molecule has 0 radical (unpaired) electrons. The average Bonchev–Trinajstić information content (AvgIpc) is 2.13. The van der Waals surface area contributed by atoms with Gasteiger partial charge < -0.3 is 10.5 Å². The Kier molecular flexibility index (Phi) is 3.45. The van der Waals surface area contributed by atoms with Crippen molar-refractivity contribution in [1.29, 1.82) is 0 Å². The summed E-state index contributed by atoms with van der Waals surface area (Å²) in [4.78, 5) is 0. The van der Waals surface area contributed by atoms with Gasteiger partial charge >= 0.3 is 0 Å². The first kappa shape index (κ1) is 10.2. The molecule has 0 aliphatic rings. The van der Waals surface area contributed by atoms with Gasteiger partial charge in [0.1, 0.15) is 6.61 Å². The molecule has 0 aromatic heterocycles. The molecule has 2 N–H and O–H groups in total. The Morgan fingerprint density at radius 3 is 2.62 bits per heavy atom. The lowest BCUT2D eigenvalue weighted by atomic mass is 10.3. The van der Waals surface area contributed by atoms with Crippen LogP contribution in [0.3, 0.4) is 0 Å². The average molecular weight is 208 g/mol. The van der Waals surface area contributed by atoms with Gasteiger partial charge in [-0.05, 0) is 12.1 Å². The van der Waals surface area contributed by atoms with Crippen LogP contribution in [0.2, 0.25) is 5.02 Å². The van der Waals surface area contributed by atoms with Gasteiger partial charge in [-0.15, -0.1) is 0 Å². The molecule has 1 aromatic carbocycles. The molecule has 0 saturated carbocycles. The van der Waals surface area contributed by atoms with Crippen LogP contribution in [0.15, 0.2) is 12.1 Å². The topological polar surface area (TPSA) is 35.2 Å². The molecular weight excluding hydrogens is 200 g/mol. The SMILES string of the molecule is NCCOc1ccc(Cl)c(F)c1F. The third-order valence-electron chi connectivity index (χ3n) is 1.38. The minimum atomic E-state index is -1.10. The minimum absolute atomic E-state index is 0.137. The molecule has 5 heteroatoms. The number of hydrogen-bond acceptors (Lipinski definition) is 2. The number of rotatable bonds is 3. The molecule has 0 bridgehead atoms. The largest absolute Gasteiger partial charge is 0.489 e. The molecule has 72 valence electrons. The van der Waals surface area contributed by atoms with E-state index in [9.17, 15) is 8.78 Å². The summed E-state index contributed by atoms with van der Waals surface area (Å²) in [5.41, 5.74) is 5.13. The summed E-state index contributed by atoms with van der Waals surface area (Å²) in [5.74, 6) is -2.36. The fourth-order valence-corrected chi connectivity index (χ4v) is 0.934. The zero-order valence-corrected chi connectivity index (χ0v) is 7.44. The first-order valence-corrected chi connectivity index (χ1v) is 4.01. The van der Waals surface area contributed by atoms with Crippen LogP contribution in [-0.4, -0.2) is 13.2 Å². The van der Waals surface area contributed by atoms with E-state index in [-0.39, 0.29) is 23.9 Å². The number of halogens is 3. The first-order chi connectivity index (χ1) is 6.16. The Morgan fingerprint density at radius 2 is 2.00 bits per heavy atom. The summed E-state index contributed by atoms with van der Waals surface area (Å²) in [7, 11) is 0. The van der Waals surface area contributed by atoms with E-state index in [0.717, 1.165) is 0 Å². The van der Waals surface area contributed by atoms with Crippen LogP contribution in [0, 0.1) is 11.6 Å². The molecule has 0 fully saturated rings. The summed E-state index contributed by atoms with van der Waals surface area (Å²) < 4.78 is 30.6. The second-order valence-electron chi connectivity index (χ2n) is 2.31. The van der Waals surface area contributed by atoms with Crippen LogP contribution >= 0.6 is 11.6 Å². The van der Waals surface area contributed by atoms with E-state index in [1.165, 1.54) is 12.1 Å². The van der Waals surface area contributed by atoms with Crippen molar-refractivity contribution < 1.29 is 13.5 Å². The van der Waals surface area contributed by atoms with Crippen molar-refractivity contribution in [3.63, 3.8) is 0 Å². The van der Waals surface area contributed by atoms with E-state index in [1.807, 2.05) is 0 Å². The first-order valence-electron chi connectivity index (χ1n) is 3.63. The Labute approximate surface area is 79.2 Å². The van der Waals surface area contributed by atoms with Crippen molar-refractivity contribution in [3.8, 4) is 5.75 Å². The molecule has 0 heterocycles. The van der Waals surface area contributed by atoms with Crippen molar-refractivity contribution in [3.05, 3.63) is 28.8 Å². The summed E-state index contributed by atoms with van der Waals surface area (Å²) in [5, 5.41) is -0.266. The lowest BCUT2D eigenvalue weighted by Crippen LogP contribution is -2.11. The summed E-state index contributed by atoms with van der Waals surface area (Å²) in [6, 6.07) is 2.49. The van der Waals surface area contributed by atoms with Gasteiger partial charge in [0.25, 0.3) is 0 Å². The monoisotopic (exact) mass is 207 g/mol. The summed E-state index contributed by atoms with van der Waals surface area (Å²) >= 11 is 5.32. The normalized spacial score (nSPS) is 10.2. The van der Waals surface area contributed by atoms with Gasteiger partial charge in [-0.3, -0.25) is 0 Å². The van der Waals surface area contributed by atoms with E-state index in [1.54, 1.807) is 0 Å². The second kappa shape index (κ2) is 4.39. The Balaban J connectivity index is 2.90. The van der Waals surface area contributed by atoms with Gasteiger partial charge in [-0.25, -0.2) is 4.39 Å². The molecule has 13 heavy (non-hydrogen) atoms. The smallest absolute Gasteiger partial charge is 0.202 e. The molecule has 0 amide bonds. The number of hydrogen-bond donors (Lipinski definition) is 1. The van der Waals surface area contributed by atoms with Gasteiger partial charge in [0, 0.05) is 6.54 Å². The quantitative estimate of drug-likeness (QED) is 0.769. The predicted octanol–water partition coefficient (Wildman–Crippen LogP) is 1.96. The zero-order chi connectivity index (χ0) is 9.84. The summed E-state index contributed by atoms with van der Waals surface area (Å²) in [6.07, 6.45) is 0. The van der Waals surface area contributed by atoms with E-state index in [2.05, 4.69) is 0 Å². The molecule has 0 aliphatic heterocycles. The highest BCUT2D eigenvalue weighted by Crippen LogP contribution is 2.25. The molecule has 1 aromatic rings. The minimum Gasteiger partial charge on any atom is -0.489 e. The molecule has 1 rings (SSSR count).